The molecule has 33 heavy (non-hydrogen) atoms. The number of fused-ring (bicyclic) bond motifs is 6. The number of esters is 1. The van der Waals surface area contributed by atoms with E-state index in [-0.39, 0.29) is 46.2 Å². The van der Waals surface area contributed by atoms with Crippen molar-refractivity contribution >= 4 is 17.5 Å². The maximum Gasteiger partial charge on any atom is 0.342 e. The third-order valence-corrected chi connectivity index (χ3v) is 9.46. The minimum absolute atomic E-state index is 0.0592. The number of hydrogen-bond donors (Lipinski definition) is 1. The average Bonchev–Trinajstić information content (AvgIpc) is 2.68. The predicted octanol–water partition coefficient (Wildman–Crippen LogP) is 4.42. The van der Waals surface area contributed by atoms with Crippen LogP contribution in [0.2, 0.25) is 0 Å². The van der Waals surface area contributed by atoms with Crippen molar-refractivity contribution in [3.05, 3.63) is 22.8 Å². The molecule has 1 aromatic carbocycles. The highest BCUT2D eigenvalue weighted by Crippen LogP contribution is 2.65. The lowest BCUT2D eigenvalue weighted by Gasteiger charge is -2.63. The molecular formula is C27H34O6. The van der Waals surface area contributed by atoms with Crippen molar-refractivity contribution < 1.29 is 29.0 Å². The molecule has 2 fully saturated rings. The summed E-state index contributed by atoms with van der Waals surface area (Å²) in [5.74, 6) is -0.305. The molecule has 0 bridgehead atoms. The Balaban J connectivity index is 1.65. The van der Waals surface area contributed by atoms with Crippen LogP contribution in [0.4, 0.5) is 0 Å². The van der Waals surface area contributed by atoms with Gasteiger partial charge in [-0.15, -0.1) is 0 Å². The first kappa shape index (κ1) is 22.4. The van der Waals surface area contributed by atoms with Crippen molar-refractivity contribution in [3.8, 4) is 11.5 Å². The van der Waals surface area contributed by atoms with E-state index in [1.165, 1.54) is 6.92 Å². The number of ketones is 2. The van der Waals surface area contributed by atoms with Gasteiger partial charge < -0.3 is 14.6 Å². The summed E-state index contributed by atoms with van der Waals surface area (Å²) in [7, 11) is 0. The van der Waals surface area contributed by atoms with Gasteiger partial charge in [-0.2, -0.15) is 0 Å². The second-order valence-corrected chi connectivity index (χ2v) is 11.9. The zero-order chi connectivity index (χ0) is 24.1. The van der Waals surface area contributed by atoms with E-state index in [9.17, 15) is 19.5 Å². The Morgan fingerprint density at radius 3 is 2.45 bits per heavy atom. The number of rotatable bonds is 1. The number of carbonyl (C=O) groups is 3. The Bertz CT molecular complexity index is 1090. The molecule has 1 N–H and O–H groups in total. The van der Waals surface area contributed by atoms with Gasteiger partial charge in [0, 0.05) is 23.8 Å². The predicted molar refractivity (Wildman–Crippen MR) is 121 cm³/mol. The monoisotopic (exact) mass is 454 g/mol. The summed E-state index contributed by atoms with van der Waals surface area (Å²) in [5.41, 5.74) is 0.692. The van der Waals surface area contributed by atoms with Gasteiger partial charge >= 0.3 is 5.97 Å². The van der Waals surface area contributed by atoms with Crippen LogP contribution in [-0.4, -0.2) is 34.3 Å². The van der Waals surface area contributed by atoms with Gasteiger partial charge in [0.15, 0.2) is 0 Å². The van der Waals surface area contributed by atoms with Crippen molar-refractivity contribution in [3.63, 3.8) is 0 Å². The lowest BCUT2D eigenvalue weighted by atomic mass is 9.42. The number of phenols is 1. The SMILES string of the molecule is CC(=O)C1CC2(C)C3Cc4c(cc(O)c5c4CC(C)OC5=O)OC3(C)CCC2C(C)(C)C1=O. The quantitative estimate of drug-likeness (QED) is 0.499. The fourth-order valence-corrected chi connectivity index (χ4v) is 7.93. The fraction of sp³-hybridized carbons (Fsp3) is 0.667. The normalized spacial score (nSPS) is 38.7. The number of Topliss-reactive ketones (excluding diaryl/α,β-unsaturated/α-hetero) is 2. The van der Waals surface area contributed by atoms with Crippen LogP contribution in [0.25, 0.3) is 0 Å². The second-order valence-electron chi connectivity index (χ2n) is 11.9. The molecule has 178 valence electrons. The van der Waals surface area contributed by atoms with E-state index in [2.05, 4.69) is 13.8 Å². The number of ether oxygens (including phenoxy) is 2. The summed E-state index contributed by atoms with van der Waals surface area (Å²) >= 11 is 0. The van der Waals surface area contributed by atoms with Crippen LogP contribution >= 0.6 is 0 Å². The molecule has 0 spiro atoms. The van der Waals surface area contributed by atoms with E-state index in [1.54, 1.807) is 6.07 Å². The zero-order valence-electron chi connectivity index (χ0n) is 20.4. The van der Waals surface area contributed by atoms with Gasteiger partial charge in [-0.1, -0.05) is 20.8 Å². The molecule has 2 aliphatic heterocycles. The lowest BCUT2D eigenvalue weighted by Crippen LogP contribution is -2.65. The molecule has 2 saturated carbocycles. The molecule has 1 aromatic rings. The maximum absolute atomic E-state index is 13.3. The smallest absolute Gasteiger partial charge is 0.342 e. The van der Waals surface area contributed by atoms with Crippen LogP contribution in [0, 0.1) is 28.6 Å². The largest absolute Gasteiger partial charge is 0.507 e. The second kappa shape index (κ2) is 6.83. The van der Waals surface area contributed by atoms with Crippen molar-refractivity contribution in [1.82, 2.24) is 0 Å². The van der Waals surface area contributed by atoms with Crippen LogP contribution in [0.3, 0.4) is 0 Å². The van der Waals surface area contributed by atoms with Crippen molar-refractivity contribution in [2.24, 2.45) is 28.6 Å². The summed E-state index contributed by atoms with van der Waals surface area (Å²) in [6, 6.07) is 1.56. The van der Waals surface area contributed by atoms with Gasteiger partial charge in [-0.3, -0.25) is 9.59 Å². The number of benzene rings is 1. The van der Waals surface area contributed by atoms with Crippen LogP contribution in [0.5, 0.6) is 11.5 Å². The van der Waals surface area contributed by atoms with E-state index in [0.29, 0.717) is 25.0 Å². The Labute approximate surface area is 195 Å². The number of hydrogen-bond acceptors (Lipinski definition) is 6. The van der Waals surface area contributed by atoms with Crippen LogP contribution in [0.15, 0.2) is 6.07 Å². The number of carbonyl (C=O) groups excluding carboxylic acids is 3. The molecule has 4 aliphatic rings. The lowest BCUT2D eigenvalue weighted by molar-refractivity contribution is -0.183. The maximum atomic E-state index is 13.3. The molecule has 6 heteroatoms. The van der Waals surface area contributed by atoms with Crippen LogP contribution in [0.1, 0.15) is 82.3 Å². The molecule has 6 atom stereocenters. The first-order valence-corrected chi connectivity index (χ1v) is 12.1. The average molecular weight is 455 g/mol. The Hall–Kier alpha value is -2.37. The third-order valence-electron chi connectivity index (χ3n) is 9.46. The van der Waals surface area contributed by atoms with Gasteiger partial charge in [0.05, 0.1) is 5.92 Å². The number of aromatic hydroxyl groups is 1. The first-order chi connectivity index (χ1) is 15.3. The summed E-state index contributed by atoms with van der Waals surface area (Å²) < 4.78 is 12.0. The third kappa shape index (κ3) is 2.95. The topological polar surface area (TPSA) is 89.9 Å². The molecule has 2 heterocycles. The molecule has 2 aliphatic carbocycles. The van der Waals surface area contributed by atoms with Gasteiger partial charge in [-0.25, -0.2) is 4.79 Å². The molecule has 5 rings (SSSR count). The molecule has 6 nitrogen and oxygen atoms in total. The Morgan fingerprint density at radius 2 is 1.79 bits per heavy atom. The minimum Gasteiger partial charge on any atom is -0.507 e. The molecule has 0 aromatic heterocycles. The van der Waals surface area contributed by atoms with Gasteiger partial charge in [0.2, 0.25) is 0 Å². The number of phenolic OH excluding ortho intramolecular Hbond substituents is 1. The Kier molecular flexibility index (Phi) is 4.64. The van der Waals surface area contributed by atoms with E-state index in [4.69, 9.17) is 9.47 Å². The van der Waals surface area contributed by atoms with Crippen molar-refractivity contribution in [2.75, 3.05) is 0 Å². The highest BCUT2D eigenvalue weighted by atomic mass is 16.5. The van der Waals surface area contributed by atoms with E-state index < -0.39 is 22.9 Å². The summed E-state index contributed by atoms with van der Waals surface area (Å²) in [5, 5.41) is 10.6. The standard InChI is InChI=1S/C27H34O6/c1-13-9-16-15-10-21-26(5)12-17(14(2)28)23(30)25(3,4)20(26)7-8-27(21,6)33-19(15)11-18(29)22(16)24(31)32-13/h11,13,17,20-21,29H,7-10,12H2,1-6H3. The molecule has 6 unspecified atom stereocenters. The van der Waals surface area contributed by atoms with Crippen LogP contribution < -0.4 is 4.74 Å². The van der Waals surface area contributed by atoms with Gasteiger partial charge in [0.25, 0.3) is 0 Å². The molecular weight excluding hydrogens is 420 g/mol. The fourth-order valence-electron chi connectivity index (χ4n) is 7.93. The van der Waals surface area contributed by atoms with Gasteiger partial charge in [0.1, 0.15) is 40.3 Å². The highest BCUT2D eigenvalue weighted by molar-refractivity contribution is 6.04. The van der Waals surface area contributed by atoms with Crippen molar-refractivity contribution in [2.45, 2.75) is 85.4 Å². The zero-order valence-corrected chi connectivity index (χ0v) is 20.4. The first-order valence-electron chi connectivity index (χ1n) is 12.1. The minimum atomic E-state index is -0.589. The number of cyclic esters (lactones) is 1. The highest BCUT2D eigenvalue weighted by Gasteiger charge is 2.65. The summed E-state index contributed by atoms with van der Waals surface area (Å²) in [6.07, 6.45) is 3.14. The summed E-state index contributed by atoms with van der Waals surface area (Å²) in [6.45, 7) is 11.8. The van der Waals surface area contributed by atoms with Gasteiger partial charge in [-0.05, 0) is 68.9 Å². The molecule has 0 saturated heterocycles. The molecule has 0 amide bonds. The Morgan fingerprint density at radius 1 is 1.09 bits per heavy atom. The molecule has 0 radical (unpaired) electrons. The van der Waals surface area contributed by atoms with Crippen molar-refractivity contribution in [1.29, 1.82) is 0 Å². The van der Waals surface area contributed by atoms with Crippen LogP contribution in [-0.2, 0) is 27.2 Å². The van der Waals surface area contributed by atoms with E-state index >= 15 is 0 Å². The summed E-state index contributed by atoms with van der Waals surface area (Å²) in [4.78, 5) is 38.4. The van der Waals surface area contributed by atoms with E-state index in [1.807, 2.05) is 20.8 Å². The van der Waals surface area contributed by atoms with E-state index in [0.717, 1.165) is 24.0 Å².